The van der Waals surface area contributed by atoms with Crippen LogP contribution in [0.25, 0.3) is 0 Å². The van der Waals surface area contributed by atoms with Crippen LogP contribution in [-0.2, 0) is 6.42 Å². The molecule has 2 rings (SSSR count). The van der Waals surface area contributed by atoms with Gasteiger partial charge in [-0.25, -0.2) is 13.8 Å². The van der Waals surface area contributed by atoms with Gasteiger partial charge in [0.15, 0.2) is 11.6 Å². The van der Waals surface area contributed by atoms with Crippen LogP contribution in [0.15, 0.2) is 36.5 Å². The number of nitrogens with zero attached hydrogens (tertiary/aromatic N) is 1. The average Bonchev–Trinajstić information content (AvgIpc) is 2.44. The fraction of sp³-hybridized carbons (Fsp3) is 0.143. The Kier molecular flexibility index (Phi) is 4.24. The number of anilines is 1. The van der Waals surface area contributed by atoms with Gasteiger partial charge in [0.1, 0.15) is 5.82 Å². The Balaban J connectivity index is 1.96. The van der Waals surface area contributed by atoms with Crippen molar-refractivity contribution in [2.24, 2.45) is 0 Å². The molecule has 0 saturated heterocycles. The van der Waals surface area contributed by atoms with Crippen molar-refractivity contribution in [1.29, 1.82) is 0 Å². The van der Waals surface area contributed by atoms with E-state index in [4.69, 9.17) is 5.73 Å². The minimum atomic E-state index is -0.851. The standard InChI is InChI=1S/C14H13F2N3O/c15-11-4-2-1-3-9(11)5-7-19-14(20)10-6-8-18-13(17)12(10)16/h1-4,6,8H,5,7H2,(H2,17,18)(H,19,20). The molecular formula is C14H13F2N3O. The van der Waals surface area contributed by atoms with E-state index in [2.05, 4.69) is 10.3 Å². The largest absolute Gasteiger partial charge is 0.381 e. The molecular weight excluding hydrogens is 264 g/mol. The minimum absolute atomic E-state index is 0.175. The van der Waals surface area contributed by atoms with Crippen molar-refractivity contribution in [1.82, 2.24) is 10.3 Å². The molecule has 0 atom stereocenters. The molecule has 6 heteroatoms. The second kappa shape index (κ2) is 6.10. The molecule has 0 aliphatic heterocycles. The zero-order valence-corrected chi connectivity index (χ0v) is 10.6. The van der Waals surface area contributed by atoms with E-state index in [1.165, 1.54) is 18.3 Å². The highest BCUT2D eigenvalue weighted by atomic mass is 19.1. The lowest BCUT2D eigenvalue weighted by atomic mass is 10.1. The number of hydrogen-bond acceptors (Lipinski definition) is 3. The van der Waals surface area contributed by atoms with Crippen molar-refractivity contribution < 1.29 is 13.6 Å². The summed E-state index contributed by atoms with van der Waals surface area (Å²) >= 11 is 0. The fourth-order valence-electron chi connectivity index (χ4n) is 1.74. The smallest absolute Gasteiger partial charge is 0.254 e. The highest BCUT2D eigenvalue weighted by Gasteiger charge is 2.14. The number of carbonyl (C=O) groups is 1. The summed E-state index contributed by atoms with van der Waals surface area (Å²) in [7, 11) is 0. The van der Waals surface area contributed by atoms with E-state index in [0.29, 0.717) is 12.0 Å². The second-order valence-corrected chi connectivity index (χ2v) is 4.16. The third kappa shape index (κ3) is 3.09. The van der Waals surface area contributed by atoms with Crippen molar-refractivity contribution in [2.75, 3.05) is 12.3 Å². The van der Waals surface area contributed by atoms with Gasteiger partial charge in [-0.3, -0.25) is 4.79 Å². The van der Waals surface area contributed by atoms with Gasteiger partial charge in [-0.15, -0.1) is 0 Å². The predicted molar refractivity (Wildman–Crippen MR) is 71.0 cm³/mol. The molecule has 0 radical (unpaired) electrons. The Hall–Kier alpha value is -2.50. The molecule has 1 aromatic heterocycles. The number of hydrogen-bond donors (Lipinski definition) is 2. The van der Waals surface area contributed by atoms with E-state index in [1.807, 2.05) is 0 Å². The third-order valence-electron chi connectivity index (χ3n) is 2.80. The number of aromatic nitrogens is 1. The SMILES string of the molecule is Nc1nccc(C(=O)NCCc2ccccc2F)c1F. The van der Waals surface area contributed by atoms with E-state index in [0.717, 1.165) is 0 Å². The zero-order chi connectivity index (χ0) is 14.5. The molecule has 0 aliphatic carbocycles. The first kappa shape index (κ1) is 13.9. The highest BCUT2D eigenvalue weighted by molar-refractivity contribution is 5.95. The summed E-state index contributed by atoms with van der Waals surface area (Å²) < 4.78 is 26.9. The van der Waals surface area contributed by atoms with Crippen LogP contribution in [0.1, 0.15) is 15.9 Å². The summed E-state index contributed by atoms with van der Waals surface area (Å²) in [6.07, 6.45) is 1.57. The third-order valence-corrected chi connectivity index (χ3v) is 2.80. The van der Waals surface area contributed by atoms with Gasteiger partial charge in [0.2, 0.25) is 0 Å². The van der Waals surface area contributed by atoms with Gasteiger partial charge in [0.25, 0.3) is 5.91 Å². The van der Waals surface area contributed by atoms with Crippen LogP contribution in [0.4, 0.5) is 14.6 Å². The Morgan fingerprint density at radius 1 is 1.25 bits per heavy atom. The van der Waals surface area contributed by atoms with Crippen molar-refractivity contribution >= 4 is 11.7 Å². The number of rotatable bonds is 4. The molecule has 1 aromatic carbocycles. The van der Waals surface area contributed by atoms with Crippen LogP contribution >= 0.6 is 0 Å². The number of nitrogens with one attached hydrogen (secondary N) is 1. The molecule has 1 heterocycles. The van der Waals surface area contributed by atoms with Gasteiger partial charge in [-0.2, -0.15) is 0 Å². The van der Waals surface area contributed by atoms with Gasteiger partial charge < -0.3 is 11.1 Å². The van der Waals surface area contributed by atoms with E-state index in [9.17, 15) is 13.6 Å². The first-order chi connectivity index (χ1) is 9.59. The molecule has 0 bridgehead atoms. The molecule has 3 N–H and O–H groups in total. The molecule has 0 saturated carbocycles. The van der Waals surface area contributed by atoms with E-state index >= 15 is 0 Å². The Labute approximate surface area is 114 Å². The van der Waals surface area contributed by atoms with Gasteiger partial charge in [-0.05, 0) is 24.1 Å². The normalized spacial score (nSPS) is 10.3. The average molecular weight is 277 g/mol. The number of amides is 1. The number of benzene rings is 1. The number of nitrogen functional groups attached to an aromatic ring is 1. The van der Waals surface area contributed by atoms with E-state index < -0.39 is 11.7 Å². The molecule has 0 unspecified atom stereocenters. The van der Waals surface area contributed by atoms with Crippen LogP contribution < -0.4 is 11.1 Å². The quantitative estimate of drug-likeness (QED) is 0.897. The molecule has 0 aliphatic rings. The summed E-state index contributed by atoms with van der Waals surface area (Å²) in [5.74, 6) is -2.11. The minimum Gasteiger partial charge on any atom is -0.381 e. The fourth-order valence-corrected chi connectivity index (χ4v) is 1.74. The summed E-state index contributed by atoms with van der Waals surface area (Å²) in [5, 5.41) is 2.51. The summed E-state index contributed by atoms with van der Waals surface area (Å²) in [5.41, 5.74) is 5.60. The molecule has 0 spiro atoms. The van der Waals surface area contributed by atoms with Crippen LogP contribution in [0, 0.1) is 11.6 Å². The zero-order valence-electron chi connectivity index (χ0n) is 10.6. The molecule has 2 aromatic rings. The number of carbonyl (C=O) groups excluding carboxylic acids is 1. The van der Waals surface area contributed by atoms with Crippen molar-refractivity contribution in [3.63, 3.8) is 0 Å². The van der Waals surface area contributed by atoms with Crippen LogP contribution in [-0.4, -0.2) is 17.4 Å². The van der Waals surface area contributed by atoms with E-state index in [-0.39, 0.29) is 23.7 Å². The summed E-state index contributed by atoms with van der Waals surface area (Å²) in [4.78, 5) is 15.3. The van der Waals surface area contributed by atoms with Gasteiger partial charge in [0, 0.05) is 12.7 Å². The second-order valence-electron chi connectivity index (χ2n) is 4.16. The molecule has 20 heavy (non-hydrogen) atoms. The van der Waals surface area contributed by atoms with Crippen LogP contribution in [0.3, 0.4) is 0 Å². The number of nitrogens with two attached hydrogens (primary N) is 1. The Bertz CT molecular complexity index is 632. The molecule has 104 valence electrons. The summed E-state index contributed by atoms with van der Waals surface area (Å²) in [6, 6.07) is 7.52. The lowest BCUT2D eigenvalue weighted by Crippen LogP contribution is -2.27. The first-order valence-electron chi connectivity index (χ1n) is 6.01. The topological polar surface area (TPSA) is 68.0 Å². The lowest BCUT2D eigenvalue weighted by Gasteiger charge is -2.07. The maximum atomic E-state index is 13.6. The monoisotopic (exact) mass is 277 g/mol. The molecule has 0 fully saturated rings. The van der Waals surface area contributed by atoms with Crippen molar-refractivity contribution in [3.8, 4) is 0 Å². The number of pyridine rings is 1. The molecule has 4 nitrogen and oxygen atoms in total. The maximum Gasteiger partial charge on any atom is 0.254 e. The van der Waals surface area contributed by atoms with Crippen LogP contribution in [0.2, 0.25) is 0 Å². The highest BCUT2D eigenvalue weighted by Crippen LogP contribution is 2.11. The predicted octanol–water partition coefficient (Wildman–Crippen LogP) is 1.91. The first-order valence-corrected chi connectivity index (χ1v) is 6.01. The van der Waals surface area contributed by atoms with Gasteiger partial charge in [0.05, 0.1) is 5.56 Å². The molecule has 1 amide bonds. The van der Waals surface area contributed by atoms with Gasteiger partial charge in [-0.1, -0.05) is 18.2 Å². The van der Waals surface area contributed by atoms with Gasteiger partial charge >= 0.3 is 0 Å². The summed E-state index contributed by atoms with van der Waals surface area (Å²) in [6.45, 7) is 0.196. The number of halogens is 2. The Morgan fingerprint density at radius 2 is 2.00 bits per heavy atom. The van der Waals surface area contributed by atoms with Crippen molar-refractivity contribution in [3.05, 3.63) is 59.3 Å². The van der Waals surface area contributed by atoms with Crippen LogP contribution in [0.5, 0.6) is 0 Å². The van der Waals surface area contributed by atoms with Crippen molar-refractivity contribution in [2.45, 2.75) is 6.42 Å². The van der Waals surface area contributed by atoms with E-state index in [1.54, 1.807) is 18.2 Å². The maximum absolute atomic E-state index is 13.6. The Morgan fingerprint density at radius 3 is 2.75 bits per heavy atom. The lowest BCUT2D eigenvalue weighted by molar-refractivity contribution is 0.0950.